The van der Waals surface area contributed by atoms with E-state index in [9.17, 15) is 14.0 Å². The summed E-state index contributed by atoms with van der Waals surface area (Å²) in [5, 5.41) is 6.36. The zero-order valence-corrected chi connectivity index (χ0v) is 16.3. The van der Waals surface area contributed by atoms with Crippen LogP contribution in [0.3, 0.4) is 0 Å². The number of aromatic nitrogens is 1. The van der Waals surface area contributed by atoms with Gasteiger partial charge in [0.2, 0.25) is 5.88 Å². The number of carbonyl (C=O) groups is 2. The fourth-order valence-corrected chi connectivity index (χ4v) is 2.50. The number of amides is 1. The Hall–Kier alpha value is -3.94. The van der Waals surface area contributed by atoms with Gasteiger partial charge in [0.05, 0.1) is 7.11 Å². The van der Waals surface area contributed by atoms with Crippen LogP contribution >= 0.6 is 0 Å². The van der Waals surface area contributed by atoms with Crippen molar-refractivity contribution in [2.75, 3.05) is 19.0 Å². The number of hydrogen-bond acceptors (Lipinski definition) is 6. The molecule has 7 nitrogen and oxygen atoms in total. The van der Waals surface area contributed by atoms with Crippen molar-refractivity contribution in [3.05, 3.63) is 71.6 Å². The van der Waals surface area contributed by atoms with Gasteiger partial charge in [0, 0.05) is 17.7 Å². The van der Waals surface area contributed by atoms with Gasteiger partial charge >= 0.3 is 5.97 Å². The maximum atomic E-state index is 13.6. The molecule has 0 radical (unpaired) electrons. The first kappa shape index (κ1) is 20.8. The Kier molecular flexibility index (Phi) is 6.59. The third-order valence-electron chi connectivity index (χ3n) is 4.05. The van der Waals surface area contributed by atoms with Crippen molar-refractivity contribution in [2.45, 2.75) is 6.92 Å². The molecule has 0 atom stereocenters. The van der Waals surface area contributed by atoms with Crippen molar-refractivity contribution in [3.63, 3.8) is 0 Å². The predicted molar refractivity (Wildman–Crippen MR) is 108 cm³/mol. The number of halogens is 1. The number of rotatable bonds is 7. The second-order valence-corrected chi connectivity index (χ2v) is 6.33. The van der Waals surface area contributed by atoms with Crippen LogP contribution in [0.2, 0.25) is 0 Å². The first-order chi connectivity index (χ1) is 14.4. The van der Waals surface area contributed by atoms with Crippen LogP contribution in [0.15, 0.2) is 59.1 Å². The monoisotopic (exact) mass is 410 g/mol. The molecule has 1 aromatic heterocycles. The lowest BCUT2D eigenvalue weighted by molar-refractivity contribution is -0.142. The minimum absolute atomic E-state index is 0.101. The molecule has 0 saturated carbocycles. The van der Waals surface area contributed by atoms with E-state index in [-0.39, 0.29) is 11.6 Å². The van der Waals surface area contributed by atoms with E-state index in [0.29, 0.717) is 11.3 Å². The molecule has 1 amide bonds. The van der Waals surface area contributed by atoms with Crippen molar-refractivity contribution in [3.8, 4) is 17.0 Å². The zero-order chi connectivity index (χ0) is 21.5. The Balaban J connectivity index is 1.49. The first-order valence-corrected chi connectivity index (χ1v) is 8.96. The van der Waals surface area contributed by atoms with E-state index in [1.54, 1.807) is 12.1 Å². The number of nitrogens with zero attached hydrogens (tertiary/aromatic N) is 1. The number of ether oxygens (including phenoxy) is 2. The van der Waals surface area contributed by atoms with E-state index >= 15 is 0 Å². The molecule has 0 unspecified atom stereocenters. The van der Waals surface area contributed by atoms with Crippen molar-refractivity contribution >= 4 is 23.8 Å². The topological polar surface area (TPSA) is 90.7 Å². The summed E-state index contributed by atoms with van der Waals surface area (Å²) >= 11 is 0. The zero-order valence-electron chi connectivity index (χ0n) is 16.3. The van der Waals surface area contributed by atoms with Gasteiger partial charge in [-0.3, -0.25) is 10.1 Å². The van der Waals surface area contributed by atoms with Gasteiger partial charge in [0.15, 0.2) is 18.2 Å². The molecule has 1 heterocycles. The normalized spacial score (nSPS) is 10.8. The Morgan fingerprint density at radius 1 is 1.17 bits per heavy atom. The number of anilines is 1. The Bertz CT molecular complexity index is 1070. The molecule has 0 aliphatic carbocycles. The van der Waals surface area contributed by atoms with Gasteiger partial charge in [0.25, 0.3) is 5.91 Å². The fourth-order valence-electron chi connectivity index (χ4n) is 2.50. The van der Waals surface area contributed by atoms with Crippen molar-refractivity contribution in [1.82, 2.24) is 5.16 Å². The Morgan fingerprint density at radius 3 is 2.63 bits per heavy atom. The number of methoxy groups -OCH3 is 1. The number of esters is 1. The van der Waals surface area contributed by atoms with Crippen LogP contribution in [0.5, 0.6) is 5.75 Å². The highest BCUT2D eigenvalue weighted by Crippen LogP contribution is 2.22. The van der Waals surface area contributed by atoms with E-state index < -0.39 is 24.3 Å². The maximum Gasteiger partial charge on any atom is 0.331 e. The van der Waals surface area contributed by atoms with Gasteiger partial charge in [-0.05, 0) is 30.7 Å². The van der Waals surface area contributed by atoms with Gasteiger partial charge in [0.1, 0.15) is 5.69 Å². The molecule has 2 aromatic carbocycles. The molecular weight excluding hydrogens is 391 g/mol. The highest BCUT2D eigenvalue weighted by Gasteiger charge is 2.11. The summed E-state index contributed by atoms with van der Waals surface area (Å²) in [5.41, 5.74) is 2.97. The summed E-state index contributed by atoms with van der Waals surface area (Å²) in [6.45, 7) is 1.46. The standard InChI is InChI=1S/C22H19FN2O5/c1-14-3-7-16(8-4-14)18-12-21(30-25-18)24-20(26)13-29-22(27)10-6-15-5-9-19(28-2)17(23)11-15/h3-12H,13H2,1-2H3,(H,24,26)/b10-6+. The van der Waals surface area contributed by atoms with Crippen LogP contribution in [-0.2, 0) is 14.3 Å². The van der Waals surface area contributed by atoms with Gasteiger partial charge in [-0.1, -0.05) is 41.1 Å². The van der Waals surface area contributed by atoms with Crippen LogP contribution in [0.25, 0.3) is 17.3 Å². The largest absolute Gasteiger partial charge is 0.494 e. The van der Waals surface area contributed by atoms with Crippen molar-refractivity contribution < 1.29 is 28.0 Å². The molecule has 3 aromatic rings. The molecule has 0 spiro atoms. The fraction of sp³-hybridized carbons (Fsp3) is 0.136. The van der Waals surface area contributed by atoms with E-state index in [2.05, 4.69) is 10.5 Å². The summed E-state index contributed by atoms with van der Waals surface area (Å²) in [5.74, 6) is -1.65. The molecule has 30 heavy (non-hydrogen) atoms. The molecule has 0 aliphatic heterocycles. The summed E-state index contributed by atoms with van der Waals surface area (Å²) in [4.78, 5) is 23.7. The molecule has 154 valence electrons. The summed E-state index contributed by atoms with van der Waals surface area (Å²) in [6.07, 6.45) is 2.46. The van der Waals surface area contributed by atoms with Crippen LogP contribution in [0.4, 0.5) is 10.3 Å². The average molecular weight is 410 g/mol. The second-order valence-electron chi connectivity index (χ2n) is 6.33. The third-order valence-corrected chi connectivity index (χ3v) is 4.05. The van der Waals surface area contributed by atoms with Gasteiger partial charge < -0.3 is 14.0 Å². The van der Waals surface area contributed by atoms with E-state index in [4.69, 9.17) is 14.0 Å². The molecule has 0 saturated heterocycles. The number of hydrogen-bond donors (Lipinski definition) is 1. The lowest BCUT2D eigenvalue weighted by atomic mass is 10.1. The highest BCUT2D eigenvalue weighted by atomic mass is 19.1. The molecular formula is C22H19FN2O5. The number of nitrogens with one attached hydrogen (secondary N) is 1. The minimum atomic E-state index is -0.751. The second kappa shape index (κ2) is 9.51. The summed E-state index contributed by atoms with van der Waals surface area (Å²) < 4.78 is 28.4. The lowest BCUT2D eigenvalue weighted by Gasteiger charge is -2.03. The van der Waals surface area contributed by atoms with E-state index in [1.165, 1.54) is 25.3 Å². The van der Waals surface area contributed by atoms with Crippen LogP contribution in [0.1, 0.15) is 11.1 Å². The molecule has 1 N–H and O–H groups in total. The predicted octanol–water partition coefficient (Wildman–Crippen LogP) is 3.99. The molecule has 0 bridgehead atoms. The highest BCUT2D eigenvalue weighted by molar-refractivity contribution is 5.94. The SMILES string of the molecule is COc1ccc(/C=C/C(=O)OCC(=O)Nc2cc(-c3ccc(C)cc3)no2)cc1F. The van der Waals surface area contributed by atoms with Crippen LogP contribution in [0, 0.1) is 12.7 Å². The maximum absolute atomic E-state index is 13.6. The van der Waals surface area contributed by atoms with Gasteiger partial charge in [-0.2, -0.15) is 0 Å². The molecule has 8 heteroatoms. The summed E-state index contributed by atoms with van der Waals surface area (Å²) in [7, 11) is 1.36. The lowest BCUT2D eigenvalue weighted by Crippen LogP contribution is -2.19. The van der Waals surface area contributed by atoms with Gasteiger partial charge in [-0.25, -0.2) is 9.18 Å². The van der Waals surface area contributed by atoms with Crippen molar-refractivity contribution in [2.24, 2.45) is 0 Å². The van der Waals surface area contributed by atoms with Crippen LogP contribution < -0.4 is 10.1 Å². The smallest absolute Gasteiger partial charge is 0.331 e. The molecule has 3 rings (SSSR count). The van der Waals surface area contributed by atoms with E-state index in [0.717, 1.165) is 17.2 Å². The Morgan fingerprint density at radius 2 is 1.93 bits per heavy atom. The Labute approximate surface area is 172 Å². The number of aryl methyl sites for hydroxylation is 1. The third kappa shape index (κ3) is 5.54. The minimum Gasteiger partial charge on any atom is -0.494 e. The number of benzene rings is 2. The number of carbonyl (C=O) groups excluding carboxylic acids is 2. The molecule has 0 aliphatic rings. The van der Waals surface area contributed by atoms with Gasteiger partial charge in [-0.15, -0.1) is 0 Å². The molecule has 0 fully saturated rings. The van der Waals surface area contributed by atoms with E-state index in [1.807, 2.05) is 31.2 Å². The van der Waals surface area contributed by atoms with Crippen molar-refractivity contribution in [1.29, 1.82) is 0 Å². The summed E-state index contributed by atoms with van der Waals surface area (Å²) in [6, 6.07) is 13.5. The first-order valence-electron chi connectivity index (χ1n) is 8.96. The average Bonchev–Trinajstić information content (AvgIpc) is 3.19. The quantitative estimate of drug-likeness (QED) is 0.468. The van der Waals surface area contributed by atoms with Crippen LogP contribution in [-0.4, -0.2) is 30.7 Å².